The Bertz CT molecular complexity index is 2060. The molecule has 0 saturated carbocycles. The van der Waals surface area contributed by atoms with Gasteiger partial charge in [0.05, 0.1) is 0 Å². The van der Waals surface area contributed by atoms with Crippen molar-refractivity contribution in [3.8, 4) is 45.3 Å². The summed E-state index contributed by atoms with van der Waals surface area (Å²) in [7, 11) is 11.1. The molecule has 0 spiro atoms. The van der Waals surface area contributed by atoms with Crippen LogP contribution in [0.15, 0.2) is 101 Å². The van der Waals surface area contributed by atoms with E-state index >= 15 is 0 Å². The smallest absolute Gasteiger partial charge is 0.164 e. The van der Waals surface area contributed by atoms with Crippen molar-refractivity contribution in [3.63, 3.8) is 0 Å². The maximum Gasteiger partial charge on any atom is 0.164 e. The van der Waals surface area contributed by atoms with E-state index < -0.39 is 0 Å². The van der Waals surface area contributed by atoms with Crippen molar-refractivity contribution in [2.45, 2.75) is 0 Å². The van der Waals surface area contributed by atoms with Crippen molar-refractivity contribution in [2.24, 2.45) is 0 Å². The molecule has 0 aliphatic rings. The zero-order chi connectivity index (χ0) is 29.0. The highest BCUT2D eigenvalue weighted by Gasteiger charge is 2.21. The van der Waals surface area contributed by atoms with Gasteiger partial charge >= 0.3 is 0 Å². The molecular weight excluding hydrogens is 508 g/mol. The fraction of sp³-hybridized carbons (Fsp3) is 0. The molecule has 7 aromatic rings. The molecule has 0 bridgehead atoms. The minimum atomic E-state index is 0.621. The maximum absolute atomic E-state index is 6.68. The molecule has 0 amide bonds. The second-order valence-electron chi connectivity index (χ2n) is 11.0. The maximum atomic E-state index is 6.68. The molecule has 0 aliphatic heterocycles. The molecule has 0 saturated heterocycles. The summed E-state index contributed by atoms with van der Waals surface area (Å²) in [5.74, 6) is 1.90. The van der Waals surface area contributed by atoms with Gasteiger partial charge in [0.1, 0.15) is 50.4 Å². The molecule has 2 heterocycles. The van der Waals surface area contributed by atoms with Gasteiger partial charge < -0.3 is 4.42 Å². The van der Waals surface area contributed by atoms with Crippen LogP contribution in [-0.2, 0) is 0 Å². The van der Waals surface area contributed by atoms with Crippen LogP contribution >= 0.6 is 0 Å². The first-order chi connectivity index (χ1) is 20.4. The number of rotatable bonds is 4. The number of furan rings is 1. The van der Waals surface area contributed by atoms with E-state index in [-0.39, 0.29) is 0 Å². The summed E-state index contributed by atoms with van der Waals surface area (Å²) in [5, 5.41) is 2.06. The van der Waals surface area contributed by atoms with Gasteiger partial charge in [-0.15, -0.1) is 16.4 Å². The van der Waals surface area contributed by atoms with Crippen LogP contribution in [0.2, 0.25) is 0 Å². The van der Waals surface area contributed by atoms with Gasteiger partial charge in [0, 0.05) is 33.0 Å². The molecule has 0 aliphatic carbocycles. The molecule has 7 rings (SSSR count). The minimum absolute atomic E-state index is 0.621. The first kappa shape index (κ1) is 26.2. The molecule has 9 heteroatoms. The van der Waals surface area contributed by atoms with Gasteiger partial charge in [-0.1, -0.05) is 102 Å². The second-order valence-corrected chi connectivity index (χ2v) is 11.0. The third kappa shape index (κ3) is 4.19. The number of para-hydroxylation sites is 1. The van der Waals surface area contributed by atoms with Gasteiger partial charge in [-0.25, -0.2) is 15.0 Å². The molecule has 0 atom stereocenters. The Balaban J connectivity index is 1.51. The number of fused-ring (bicyclic) bond motifs is 3. The lowest BCUT2D eigenvalue weighted by atomic mass is 9.59. The lowest BCUT2D eigenvalue weighted by Gasteiger charge is -2.20. The predicted molar refractivity (Wildman–Crippen MR) is 190 cm³/mol. The Hall–Kier alpha value is -4.77. The fourth-order valence-electron chi connectivity index (χ4n) is 6.06. The molecular formula is C33H26B5N3O. The van der Waals surface area contributed by atoms with Crippen molar-refractivity contribution >= 4 is 88.5 Å². The van der Waals surface area contributed by atoms with Crippen molar-refractivity contribution < 1.29 is 4.42 Å². The van der Waals surface area contributed by atoms with Gasteiger partial charge in [0.15, 0.2) is 17.5 Å². The topological polar surface area (TPSA) is 51.8 Å². The van der Waals surface area contributed by atoms with Crippen LogP contribution in [0.4, 0.5) is 0 Å². The number of benzene rings is 5. The minimum Gasteiger partial charge on any atom is -0.455 e. The van der Waals surface area contributed by atoms with Crippen LogP contribution in [0, 0.1) is 0 Å². The average Bonchev–Trinajstić information content (AvgIpc) is 3.43. The zero-order valence-corrected chi connectivity index (χ0v) is 24.5. The number of hydrogen-bond donors (Lipinski definition) is 0. The Morgan fingerprint density at radius 2 is 0.952 bits per heavy atom. The van der Waals surface area contributed by atoms with Gasteiger partial charge in [0.2, 0.25) is 0 Å². The second kappa shape index (κ2) is 10.3. The van der Waals surface area contributed by atoms with Gasteiger partial charge in [-0.05, 0) is 11.6 Å². The Labute approximate surface area is 249 Å². The highest BCUT2D eigenvalue weighted by Crippen LogP contribution is 2.39. The number of hydrogen-bond acceptors (Lipinski definition) is 4. The third-order valence-electron chi connectivity index (χ3n) is 8.73. The standard InChI is InChI=1S/C33H26B5N3O/c34-25-24(26(35)28(37)29(38)27(25)36)20-14-7-13-19-23-21(15-8-16-22(23)42-30(19)20)33-40-31(17-9-3-1-4-10-17)39-32(41-33)18-11-5-2-6-12-18/h1-16H,34-38H2. The quantitative estimate of drug-likeness (QED) is 0.292. The van der Waals surface area contributed by atoms with Crippen LogP contribution in [0.1, 0.15) is 0 Å². The SMILES string of the molecule is Bc1c(B)c(B)c(-c2cccc3c2oc2cccc(-c4nc(-c5ccccc5)nc(-c5ccccc5)n4)c23)c(B)c1B. The molecule has 42 heavy (non-hydrogen) atoms. The summed E-state index contributed by atoms with van der Waals surface area (Å²) >= 11 is 0. The average molecular weight is 535 g/mol. The molecule has 5 aromatic carbocycles. The molecule has 0 unspecified atom stereocenters. The van der Waals surface area contributed by atoms with E-state index in [2.05, 4.69) is 63.5 Å². The largest absolute Gasteiger partial charge is 0.455 e. The number of nitrogens with zero attached hydrogens (tertiary/aromatic N) is 3. The zero-order valence-electron chi connectivity index (χ0n) is 24.5. The van der Waals surface area contributed by atoms with Gasteiger partial charge in [-0.3, -0.25) is 0 Å². The highest BCUT2D eigenvalue weighted by atomic mass is 16.3. The van der Waals surface area contributed by atoms with E-state index in [1.807, 2.05) is 72.8 Å². The van der Waals surface area contributed by atoms with E-state index in [0.717, 1.165) is 44.2 Å². The summed E-state index contributed by atoms with van der Waals surface area (Å²) < 4.78 is 6.68. The molecule has 2 aromatic heterocycles. The van der Waals surface area contributed by atoms with Crippen LogP contribution in [0.3, 0.4) is 0 Å². The lowest BCUT2D eigenvalue weighted by Crippen LogP contribution is -2.55. The van der Waals surface area contributed by atoms with Crippen LogP contribution < -0.4 is 27.3 Å². The Morgan fingerprint density at radius 1 is 0.452 bits per heavy atom. The summed E-state index contributed by atoms with van der Waals surface area (Å²) in [6, 6.07) is 32.7. The van der Waals surface area contributed by atoms with Gasteiger partial charge in [-0.2, -0.15) is 0 Å². The Kier molecular flexibility index (Phi) is 6.39. The molecule has 0 radical (unpaired) electrons. The summed E-state index contributed by atoms with van der Waals surface area (Å²) in [6.45, 7) is 0. The lowest BCUT2D eigenvalue weighted by molar-refractivity contribution is 0.670. The molecule has 194 valence electrons. The van der Waals surface area contributed by atoms with Crippen molar-refractivity contribution in [1.82, 2.24) is 15.0 Å². The van der Waals surface area contributed by atoms with Gasteiger partial charge in [0.25, 0.3) is 0 Å². The summed E-state index contributed by atoms with van der Waals surface area (Å²) in [4.78, 5) is 14.9. The monoisotopic (exact) mass is 535 g/mol. The summed E-state index contributed by atoms with van der Waals surface area (Å²) in [6.07, 6.45) is 0. The van der Waals surface area contributed by atoms with E-state index in [0.29, 0.717) is 17.5 Å². The van der Waals surface area contributed by atoms with Crippen molar-refractivity contribution in [2.75, 3.05) is 0 Å². The van der Waals surface area contributed by atoms with Crippen molar-refractivity contribution in [1.29, 1.82) is 0 Å². The molecule has 4 nitrogen and oxygen atoms in total. The van der Waals surface area contributed by atoms with E-state index in [1.54, 1.807) is 0 Å². The first-order valence-corrected chi connectivity index (χ1v) is 14.3. The molecule has 0 N–H and O–H groups in total. The van der Waals surface area contributed by atoms with Crippen LogP contribution in [0.5, 0.6) is 0 Å². The van der Waals surface area contributed by atoms with Crippen LogP contribution in [0.25, 0.3) is 67.2 Å². The van der Waals surface area contributed by atoms with E-state index in [1.165, 1.54) is 32.9 Å². The van der Waals surface area contributed by atoms with Crippen LogP contribution in [-0.4, -0.2) is 54.2 Å². The Morgan fingerprint density at radius 3 is 1.55 bits per heavy atom. The summed E-state index contributed by atoms with van der Waals surface area (Å²) in [5.41, 5.74) is 13.5. The highest BCUT2D eigenvalue weighted by molar-refractivity contribution is 6.68. The van der Waals surface area contributed by atoms with E-state index in [9.17, 15) is 0 Å². The van der Waals surface area contributed by atoms with Crippen molar-refractivity contribution in [3.05, 3.63) is 97.1 Å². The third-order valence-corrected chi connectivity index (χ3v) is 8.73. The first-order valence-electron chi connectivity index (χ1n) is 14.3. The molecule has 0 fully saturated rings. The predicted octanol–water partition coefficient (Wildman–Crippen LogP) is -0.269. The number of aromatic nitrogens is 3. The fourth-order valence-corrected chi connectivity index (χ4v) is 6.06. The normalized spacial score (nSPS) is 11.3. The van der Waals surface area contributed by atoms with E-state index in [4.69, 9.17) is 19.4 Å².